The number of nitrogens with zero attached hydrogens (tertiary/aromatic N) is 4. The number of hydrogen-bond donors (Lipinski definition) is 1. The number of hydrogen-bond acceptors (Lipinski definition) is 5. The van der Waals surface area contributed by atoms with Gasteiger partial charge < -0.3 is 5.32 Å². The molecule has 2 rings (SSSR count). The van der Waals surface area contributed by atoms with Crippen LogP contribution >= 0.6 is 0 Å². The van der Waals surface area contributed by atoms with E-state index in [1.165, 1.54) is 11.8 Å². The fourth-order valence-electron chi connectivity index (χ4n) is 2.54. The summed E-state index contributed by atoms with van der Waals surface area (Å²) in [5, 5.41) is 18.5. The largest absolute Gasteiger partial charge is 0.367 e. The van der Waals surface area contributed by atoms with E-state index in [1.807, 2.05) is 18.7 Å². The molecule has 0 amide bonds. The smallest absolute Gasteiger partial charge is 0.290 e. The minimum Gasteiger partial charge on any atom is -0.367 e. The minimum atomic E-state index is -0.419. The van der Waals surface area contributed by atoms with Crippen molar-refractivity contribution in [1.29, 1.82) is 0 Å². The fraction of sp³-hybridized carbons (Fsp3) is 0.467. The van der Waals surface area contributed by atoms with Crippen LogP contribution in [0.25, 0.3) is 0 Å². The van der Waals surface area contributed by atoms with Crippen molar-refractivity contribution in [1.82, 2.24) is 14.8 Å². The second-order valence-corrected chi connectivity index (χ2v) is 5.64. The van der Waals surface area contributed by atoms with Gasteiger partial charge in [0, 0.05) is 24.3 Å². The van der Waals surface area contributed by atoms with Gasteiger partial charge in [0.2, 0.25) is 0 Å². The van der Waals surface area contributed by atoms with Crippen LogP contribution in [0.2, 0.25) is 0 Å². The van der Waals surface area contributed by atoms with Gasteiger partial charge in [0.15, 0.2) is 0 Å². The third-order valence-corrected chi connectivity index (χ3v) is 3.84. The first-order valence-electron chi connectivity index (χ1n) is 7.16. The van der Waals surface area contributed by atoms with Gasteiger partial charge in [0.1, 0.15) is 12.0 Å². The van der Waals surface area contributed by atoms with E-state index in [0.29, 0.717) is 11.4 Å². The van der Waals surface area contributed by atoms with Crippen LogP contribution in [-0.4, -0.2) is 25.7 Å². The third-order valence-electron chi connectivity index (χ3n) is 3.84. The predicted molar refractivity (Wildman–Crippen MR) is 85.1 cm³/mol. The number of anilines is 1. The van der Waals surface area contributed by atoms with Crippen molar-refractivity contribution in [2.24, 2.45) is 7.05 Å². The van der Waals surface area contributed by atoms with Crippen molar-refractivity contribution < 1.29 is 4.92 Å². The highest BCUT2D eigenvalue weighted by molar-refractivity contribution is 5.47. The van der Waals surface area contributed by atoms with Crippen molar-refractivity contribution >= 4 is 11.5 Å². The molecule has 1 unspecified atom stereocenters. The Morgan fingerprint density at radius 3 is 2.59 bits per heavy atom. The van der Waals surface area contributed by atoms with E-state index < -0.39 is 4.92 Å². The van der Waals surface area contributed by atoms with Crippen LogP contribution < -0.4 is 5.32 Å². The minimum absolute atomic E-state index is 0.0390. The van der Waals surface area contributed by atoms with Gasteiger partial charge >= 0.3 is 0 Å². The molecule has 1 N–H and O–H groups in total. The van der Waals surface area contributed by atoms with Crippen LogP contribution in [0.5, 0.6) is 0 Å². The van der Waals surface area contributed by atoms with Crippen molar-refractivity contribution in [3.8, 4) is 0 Å². The lowest BCUT2D eigenvalue weighted by Crippen LogP contribution is -2.19. The van der Waals surface area contributed by atoms with Crippen molar-refractivity contribution in [3.05, 3.63) is 44.9 Å². The Morgan fingerprint density at radius 1 is 1.41 bits per heavy atom. The number of aromatic nitrogens is 3. The average Bonchev–Trinajstić information content (AvgIpc) is 2.65. The average molecular weight is 303 g/mol. The Morgan fingerprint density at radius 2 is 2.09 bits per heavy atom. The molecule has 0 bridgehead atoms. The summed E-state index contributed by atoms with van der Waals surface area (Å²) in [6.07, 6.45) is 2.12. The molecule has 0 spiro atoms. The summed E-state index contributed by atoms with van der Waals surface area (Å²) in [6, 6.07) is 1.85. The topological polar surface area (TPSA) is 85.9 Å². The van der Waals surface area contributed by atoms with Gasteiger partial charge in [0.25, 0.3) is 5.69 Å². The molecule has 0 fully saturated rings. The van der Waals surface area contributed by atoms with Crippen molar-refractivity contribution in [3.63, 3.8) is 0 Å². The molecule has 0 radical (unpaired) electrons. The Balaban J connectivity index is 2.10. The first-order valence-corrected chi connectivity index (χ1v) is 7.16. The van der Waals surface area contributed by atoms with Crippen molar-refractivity contribution in [2.45, 2.75) is 40.2 Å². The number of pyridine rings is 1. The molecule has 2 aromatic rings. The molecule has 2 aromatic heterocycles. The molecular formula is C15H21N5O2. The summed E-state index contributed by atoms with van der Waals surface area (Å²) in [6.45, 7) is 7.83. The van der Waals surface area contributed by atoms with Gasteiger partial charge in [-0.25, -0.2) is 4.98 Å². The highest BCUT2D eigenvalue weighted by atomic mass is 16.6. The molecule has 0 aliphatic carbocycles. The summed E-state index contributed by atoms with van der Waals surface area (Å²) in [7, 11) is 1.94. The van der Waals surface area contributed by atoms with E-state index >= 15 is 0 Å². The first kappa shape index (κ1) is 15.9. The van der Waals surface area contributed by atoms with Crippen LogP contribution in [0, 0.1) is 30.9 Å². The quantitative estimate of drug-likeness (QED) is 0.678. The van der Waals surface area contributed by atoms with E-state index in [9.17, 15) is 10.1 Å². The molecule has 118 valence electrons. The van der Waals surface area contributed by atoms with Gasteiger partial charge in [0.05, 0.1) is 10.6 Å². The number of nitrogens with one attached hydrogen (secondary N) is 1. The number of aryl methyl sites for hydroxylation is 3. The molecule has 22 heavy (non-hydrogen) atoms. The van der Waals surface area contributed by atoms with Crippen LogP contribution in [0.15, 0.2) is 12.3 Å². The second-order valence-electron chi connectivity index (χ2n) is 5.64. The maximum absolute atomic E-state index is 10.8. The normalized spacial score (nSPS) is 12.2. The van der Waals surface area contributed by atoms with E-state index in [1.54, 1.807) is 13.0 Å². The SMILES string of the molecule is Cc1cc(NC(C)Cc2c(C)nn(C)c2C)ncc1[N+](=O)[O-]. The second kappa shape index (κ2) is 6.13. The molecule has 0 saturated heterocycles. The molecule has 7 nitrogen and oxygen atoms in total. The Bertz CT molecular complexity index is 708. The third kappa shape index (κ3) is 3.24. The zero-order chi connectivity index (χ0) is 16.4. The summed E-state index contributed by atoms with van der Waals surface area (Å²) in [5.41, 5.74) is 4.04. The van der Waals surface area contributed by atoms with Gasteiger partial charge in [-0.1, -0.05) is 0 Å². The van der Waals surface area contributed by atoms with E-state index in [-0.39, 0.29) is 11.7 Å². The zero-order valence-corrected chi connectivity index (χ0v) is 13.5. The van der Waals surface area contributed by atoms with Crippen LogP contribution in [-0.2, 0) is 13.5 Å². The Hall–Kier alpha value is -2.44. The maximum Gasteiger partial charge on any atom is 0.290 e. The van der Waals surface area contributed by atoms with Gasteiger partial charge in [-0.3, -0.25) is 14.8 Å². The van der Waals surface area contributed by atoms with E-state index in [0.717, 1.165) is 17.8 Å². The molecule has 0 aromatic carbocycles. The number of nitro groups is 1. The lowest BCUT2D eigenvalue weighted by Gasteiger charge is -2.15. The van der Waals surface area contributed by atoms with Crippen LogP contribution in [0.3, 0.4) is 0 Å². The molecule has 0 aliphatic heterocycles. The van der Waals surface area contributed by atoms with Gasteiger partial charge in [-0.2, -0.15) is 5.10 Å². The summed E-state index contributed by atoms with van der Waals surface area (Å²) in [4.78, 5) is 14.5. The van der Waals surface area contributed by atoms with Gasteiger partial charge in [-0.05, 0) is 45.7 Å². The Labute approximate surface area is 129 Å². The molecule has 0 saturated carbocycles. The van der Waals surface area contributed by atoms with E-state index in [2.05, 4.69) is 29.2 Å². The molecular weight excluding hydrogens is 282 g/mol. The van der Waals surface area contributed by atoms with Crippen molar-refractivity contribution in [2.75, 3.05) is 5.32 Å². The van der Waals surface area contributed by atoms with Gasteiger partial charge in [-0.15, -0.1) is 0 Å². The maximum atomic E-state index is 10.8. The van der Waals surface area contributed by atoms with Crippen LogP contribution in [0.4, 0.5) is 11.5 Å². The summed E-state index contributed by atoms with van der Waals surface area (Å²) >= 11 is 0. The fourth-order valence-corrected chi connectivity index (χ4v) is 2.54. The molecule has 2 heterocycles. The lowest BCUT2D eigenvalue weighted by molar-refractivity contribution is -0.385. The highest BCUT2D eigenvalue weighted by Crippen LogP contribution is 2.20. The predicted octanol–water partition coefficient (Wildman–Crippen LogP) is 2.69. The Kier molecular flexibility index (Phi) is 4.44. The lowest BCUT2D eigenvalue weighted by atomic mass is 10.1. The zero-order valence-electron chi connectivity index (χ0n) is 13.5. The summed E-state index contributed by atoms with van der Waals surface area (Å²) in [5.74, 6) is 0.648. The molecule has 1 atom stereocenters. The summed E-state index contributed by atoms with van der Waals surface area (Å²) < 4.78 is 1.88. The monoisotopic (exact) mass is 303 g/mol. The standard InChI is InChI=1S/C15H21N5O2/c1-9-6-15(16-8-14(9)20(21)22)17-10(2)7-13-11(3)18-19(5)12(13)4/h6,8,10H,7H2,1-5H3,(H,16,17). The highest BCUT2D eigenvalue weighted by Gasteiger charge is 2.15. The van der Waals surface area contributed by atoms with Crippen LogP contribution in [0.1, 0.15) is 29.4 Å². The molecule has 7 heteroatoms. The first-order chi connectivity index (χ1) is 10.3. The number of rotatable bonds is 5. The van der Waals surface area contributed by atoms with E-state index in [4.69, 9.17) is 0 Å². The molecule has 0 aliphatic rings.